The fourth-order valence-corrected chi connectivity index (χ4v) is 3.84. The number of nitrogens with one attached hydrogen (secondary N) is 1. The summed E-state index contributed by atoms with van der Waals surface area (Å²) in [5.41, 5.74) is 3.65. The lowest BCUT2D eigenvalue weighted by atomic mass is 9.93. The molecule has 0 bridgehead atoms. The molecule has 0 unspecified atom stereocenters. The molecule has 4 rings (SSSR count). The molecule has 0 radical (unpaired) electrons. The van der Waals surface area contributed by atoms with Gasteiger partial charge in [-0.2, -0.15) is 0 Å². The maximum Gasteiger partial charge on any atom is 0.254 e. The smallest absolute Gasteiger partial charge is 0.254 e. The van der Waals surface area contributed by atoms with Crippen LogP contribution in [0.2, 0.25) is 5.02 Å². The molecule has 0 aromatic heterocycles. The van der Waals surface area contributed by atoms with E-state index >= 15 is 0 Å². The molecule has 2 N–H and O–H groups in total. The van der Waals surface area contributed by atoms with Crippen LogP contribution in [0, 0.1) is 0 Å². The molecule has 2 aromatic carbocycles. The van der Waals surface area contributed by atoms with Gasteiger partial charge in [-0.3, -0.25) is 4.79 Å². The Balaban J connectivity index is 1.63. The number of halogens is 1. The van der Waals surface area contributed by atoms with Crippen LogP contribution in [0.1, 0.15) is 33.1 Å². The van der Waals surface area contributed by atoms with E-state index in [1.54, 1.807) is 12.1 Å². The normalized spacial score (nSPS) is 19.6. The SMILES string of the molecule is O=C1c2ccccc2CN1C[C@H]1NCCc2c(Cl)ccc(O)c21. The van der Waals surface area contributed by atoms with Crippen molar-refractivity contribution in [3.05, 3.63) is 63.7 Å². The first-order valence-corrected chi connectivity index (χ1v) is 8.14. The second kappa shape index (κ2) is 5.55. The number of carbonyl (C=O) groups excluding carboxylic acids is 1. The molecule has 0 spiro atoms. The van der Waals surface area contributed by atoms with Crippen LogP contribution in [0.3, 0.4) is 0 Å². The Kier molecular flexibility index (Phi) is 3.51. The van der Waals surface area contributed by atoms with Gasteiger partial charge in [-0.1, -0.05) is 29.8 Å². The summed E-state index contributed by atoms with van der Waals surface area (Å²) in [6, 6.07) is 11.0. The monoisotopic (exact) mass is 328 g/mol. The van der Waals surface area contributed by atoms with Crippen LogP contribution in [0.25, 0.3) is 0 Å². The first-order chi connectivity index (χ1) is 11.1. The van der Waals surface area contributed by atoms with Gasteiger partial charge in [-0.15, -0.1) is 0 Å². The van der Waals surface area contributed by atoms with Crippen LogP contribution >= 0.6 is 11.6 Å². The lowest BCUT2D eigenvalue weighted by Gasteiger charge is -2.31. The van der Waals surface area contributed by atoms with E-state index in [1.165, 1.54) is 0 Å². The maximum absolute atomic E-state index is 12.5. The lowest BCUT2D eigenvalue weighted by molar-refractivity contribution is 0.0759. The number of nitrogens with zero attached hydrogens (tertiary/aromatic N) is 1. The van der Waals surface area contributed by atoms with E-state index in [2.05, 4.69) is 5.32 Å². The Labute approximate surface area is 139 Å². The minimum absolute atomic E-state index is 0.0519. The van der Waals surface area contributed by atoms with Crippen LogP contribution in [-0.2, 0) is 13.0 Å². The van der Waals surface area contributed by atoms with E-state index in [0.717, 1.165) is 35.2 Å². The molecular formula is C18H17ClN2O2. The highest BCUT2D eigenvalue weighted by molar-refractivity contribution is 6.31. The van der Waals surface area contributed by atoms with Crippen molar-refractivity contribution in [1.29, 1.82) is 0 Å². The van der Waals surface area contributed by atoms with Crippen molar-refractivity contribution in [2.45, 2.75) is 19.0 Å². The number of amides is 1. The number of carbonyl (C=O) groups is 1. The van der Waals surface area contributed by atoms with E-state index in [1.807, 2.05) is 29.2 Å². The van der Waals surface area contributed by atoms with E-state index < -0.39 is 0 Å². The molecule has 0 aliphatic carbocycles. The molecule has 118 valence electrons. The Morgan fingerprint density at radius 2 is 2.09 bits per heavy atom. The van der Waals surface area contributed by atoms with E-state index in [4.69, 9.17) is 11.6 Å². The third-order valence-corrected chi connectivity index (χ3v) is 5.04. The van der Waals surface area contributed by atoms with Gasteiger partial charge in [-0.05, 0) is 42.3 Å². The predicted molar refractivity (Wildman–Crippen MR) is 88.7 cm³/mol. The molecule has 2 heterocycles. The highest BCUT2D eigenvalue weighted by Gasteiger charge is 2.32. The first kappa shape index (κ1) is 14.5. The molecule has 2 aliphatic rings. The molecule has 2 aromatic rings. The predicted octanol–water partition coefficient (Wildman–Crippen LogP) is 2.89. The Morgan fingerprint density at radius 1 is 1.26 bits per heavy atom. The summed E-state index contributed by atoms with van der Waals surface area (Å²) >= 11 is 6.28. The van der Waals surface area contributed by atoms with Crippen molar-refractivity contribution in [1.82, 2.24) is 10.2 Å². The van der Waals surface area contributed by atoms with Crippen molar-refractivity contribution in [3.8, 4) is 5.75 Å². The summed E-state index contributed by atoms with van der Waals surface area (Å²) in [7, 11) is 0. The molecule has 5 heteroatoms. The molecule has 0 saturated carbocycles. The van der Waals surface area contributed by atoms with Crippen LogP contribution in [0.15, 0.2) is 36.4 Å². The molecule has 2 aliphatic heterocycles. The van der Waals surface area contributed by atoms with Crippen molar-refractivity contribution < 1.29 is 9.90 Å². The van der Waals surface area contributed by atoms with Gasteiger partial charge >= 0.3 is 0 Å². The third kappa shape index (κ3) is 2.38. The van der Waals surface area contributed by atoms with Gasteiger partial charge in [0, 0.05) is 29.2 Å². The molecule has 4 nitrogen and oxygen atoms in total. The molecule has 1 amide bonds. The molecular weight excluding hydrogens is 312 g/mol. The van der Waals surface area contributed by atoms with Crippen LogP contribution in [0.5, 0.6) is 5.75 Å². The van der Waals surface area contributed by atoms with Gasteiger partial charge in [0.15, 0.2) is 0 Å². The van der Waals surface area contributed by atoms with Crippen molar-refractivity contribution in [2.75, 3.05) is 13.1 Å². The highest BCUT2D eigenvalue weighted by Crippen LogP contribution is 2.36. The van der Waals surface area contributed by atoms with Crippen molar-refractivity contribution in [2.24, 2.45) is 0 Å². The van der Waals surface area contributed by atoms with Gasteiger partial charge in [0.25, 0.3) is 5.91 Å². The largest absolute Gasteiger partial charge is 0.508 e. The summed E-state index contributed by atoms with van der Waals surface area (Å²) in [5, 5.41) is 14.3. The van der Waals surface area contributed by atoms with Crippen LogP contribution < -0.4 is 5.32 Å². The zero-order valence-electron chi connectivity index (χ0n) is 12.6. The summed E-state index contributed by atoms with van der Waals surface area (Å²) in [6.07, 6.45) is 0.785. The third-order valence-electron chi connectivity index (χ3n) is 4.69. The van der Waals surface area contributed by atoms with Gasteiger partial charge in [0.2, 0.25) is 0 Å². The second-order valence-corrected chi connectivity index (χ2v) is 6.47. The number of aromatic hydroxyl groups is 1. The van der Waals surface area contributed by atoms with Gasteiger partial charge in [0.05, 0.1) is 6.04 Å². The van der Waals surface area contributed by atoms with Crippen molar-refractivity contribution >= 4 is 17.5 Å². The molecule has 0 fully saturated rings. The zero-order chi connectivity index (χ0) is 16.0. The standard InChI is InChI=1S/C18H17ClN2O2/c19-14-5-6-16(22)17-13(14)7-8-20-15(17)10-21-9-11-3-1-2-4-12(11)18(21)23/h1-6,15,20,22H,7-10H2/t15-/m1/s1. The average Bonchev–Trinajstić information content (AvgIpc) is 2.88. The van der Waals surface area contributed by atoms with E-state index in [-0.39, 0.29) is 17.7 Å². The van der Waals surface area contributed by atoms with Crippen LogP contribution in [-0.4, -0.2) is 29.0 Å². The summed E-state index contributed by atoms with van der Waals surface area (Å²) in [6.45, 7) is 1.92. The number of fused-ring (bicyclic) bond motifs is 2. The molecule has 0 saturated heterocycles. The topological polar surface area (TPSA) is 52.6 Å². The molecule has 23 heavy (non-hydrogen) atoms. The lowest BCUT2D eigenvalue weighted by Crippen LogP contribution is -2.39. The van der Waals surface area contributed by atoms with E-state index in [0.29, 0.717) is 18.1 Å². The van der Waals surface area contributed by atoms with Gasteiger partial charge in [-0.25, -0.2) is 0 Å². The number of hydrogen-bond acceptors (Lipinski definition) is 3. The summed E-state index contributed by atoms with van der Waals surface area (Å²) < 4.78 is 0. The van der Waals surface area contributed by atoms with Gasteiger partial charge in [0.1, 0.15) is 5.75 Å². The van der Waals surface area contributed by atoms with Crippen molar-refractivity contribution in [3.63, 3.8) is 0 Å². The fourth-order valence-electron chi connectivity index (χ4n) is 3.58. The average molecular weight is 329 g/mol. The quantitative estimate of drug-likeness (QED) is 0.891. The number of phenolic OH excluding ortho intramolecular Hbond substituents is 1. The Hall–Kier alpha value is -2.04. The number of rotatable bonds is 2. The Bertz CT molecular complexity index is 791. The fraction of sp³-hybridized carbons (Fsp3) is 0.278. The molecule has 1 atom stereocenters. The number of hydrogen-bond donors (Lipinski definition) is 2. The van der Waals surface area contributed by atoms with Gasteiger partial charge < -0.3 is 15.3 Å². The second-order valence-electron chi connectivity index (χ2n) is 6.06. The Morgan fingerprint density at radius 3 is 2.91 bits per heavy atom. The summed E-state index contributed by atoms with van der Waals surface area (Å²) in [4.78, 5) is 14.4. The minimum atomic E-state index is -0.101. The summed E-state index contributed by atoms with van der Waals surface area (Å²) in [5.74, 6) is 0.293. The first-order valence-electron chi connectivity index (χ1n) is 7.76. The minimum Gasteiger partial charge on any atom is -0.508 e. The zero-order valence-corrected chi connectivity index (χ0v) is 13.3. The van der Waals surface area contributed by atoms with Crippen LogP contribution in [0.4, 0.5) is 0 Å². The highest BCUT2D eigenvalue weighted by atomic mass is 35.5. The number of phenols is 1. The number of benzene rings is 2. The maximum atomic E-state index is 12.5. The van der Waals surface area contributed by atoms with E-state index in [9.17, 15) is 9.90 Å².